The van der Waals surface area contributed by atoms with Crippen LogP contribution in [0.3, 0.4) is 0 Å². The quantitative estimate of drug-likeness (QED) is 0.773. The summed E-state index contributed by atoms with van der Waals surface area (Å²) < 4.78 is 6.03. The second-order valence-corrected chi connectivity index (χ2v) is 6.21. The van der Waals surface area contributed by atoms with Gasteiger partial charge in [0.15, 0.2) is 0 Å². The summed E-state index contributed by atoms with van der Waals surface area (Å²) in [5.74, 6) is 0.968. The van der Waals surface area contributed by atoms with Crippen LogP contribution in [0.2, 0.25) is 0 Å². The molecule has 110 valence electrons. The molecular formula is C18H21NOS. The number of para-hydroxylation sites is 1. The van der Waals surface area contributed by atoms with Gasteiger partial charge in [0.2, 0.25) is 0 Å². The second kappa shape index (κ2) is 7.01. The molecule has 0 saturated heterocycles. The van der Waals surface area contributed by atoms with Gasteiger partial charge >= 0.3 is 0 Å². The first kappa shape index (κ1) is 14.5. The molecule has 0 aromatic heterocycles. The third-order valence-electron chi connectivity index (χ3n) is 3.73. The molecule has 0 radical (unpaired) electrons. The van der Waals surface area contributed by atoms with Gasteiger partial charge in [-0.05, 0) is 42.4 Å². The Morgan fingerprint density at radius 3 is 2.52 bits per heavy atom. The molecule has 2 nitrogen and oxygen atoms in total. The predicted molar refractivity (Wildman–Crippen MR) is 88.9 cm³/mol. The third kappa shape index (κ3) is 4.02. The number of thioether (sulfide) groups is 1. The molecule has 1 aliphatic carbocycles. The van der Waals surface area contributed by atoms with Gasteiger partial charge in [-0.25, -0.2) is 0 Å². The van der Waals surface area contributed by atoms with Crippen LogP contribution in [0.4, 0.5) is 0 Å². The van der Waals surface area contributed by atoms with Gasteiger partial charge in [-0.1, -0.05) is 36.4 Å². The Morgan fingerprint density at radius 2 is 1.76 bits per heavy atom. The number of benzene rings is 2. The Morgan fingerprint density at radius 1 is 1.05 bits per heavy atom. The van der Waals surface area contributed by atoms with Gasteiger partial charge in [0.05, 0.1) is 0 Å². The van der Waals surface area contributed by atoms with Gasteiger partial charge in [-0.3, -0.25) is 0 Å². The molecule has 1 fully saturated rings. The number of ether oxygens (including phenoxy) is 1. The van der Waals surface area contributed by atoms with Gasteiger partial charge in [-0.2, -0.15) is 0 Å². The van der Waals surface area contributed by atoms with Gasteiger partial charge in [0.25, 0.3) is 0 Å². The van der Waals surface area contributed by atoms with Crippen molar-refractivity contribution in [2.45, 2.75) is 36.9 Å². The fraction of sp³-hybridized carbons (Fsp3) is 0.333. The van der Waals surface area contributed by atoms with E-state index in [0.29, 0.717) is 6.61 Å². The fourth-order valence-electron chi connectivity index (χ4n) is 2.31. The van der Waals surface area contributed by atoms with E-state index < -0.39 is 0 Å². The fourth-order valence-corrected chi connectivity index (χ4v) is 2.85. The van der Waals surface area contributed by atoms with Crippen molar-refractivity contribution in [1.82, 2.24) is 5.32 Å². The van der Waals surface area contributed by atoms with Crippen LogP contribution in [0.25, 0.3) is 0 Å². The molecular weight excluding hydrogens is 278 g/mol. The van der Waals surface area contributed by atoms with Crippen LogP contribution in [0.5, 0.6) is 5.75 Å². The summed E-state index contributed by atoms with van der Waals surface area (Å²) in [6, 6.07) is 17.5. The van der Waals surface area contributed by atoms with E-state index in [2.05, 4.69) is 41.9 Å². The van der Waals surface area contributed by atoms with Gasteiger partial charge in [0, 0.05) is 17.5 Å². The number of hydrogen-bond acceptors (Lipinski definition) is 3. The Labute approximate surface area is 130 Å². The van der Waals surface area contributed by atoms with Gasteiger partial charge < -0.3 is 10.1 Å². The van der Waals surface area contributed by atoms with Crippen molar-refractivity contribution < 1.29 is 4.74 Å². The highest BCUT2D eigenvalue weighted by Crippen LogP contribution is 2.28. The van der Waals surface area contributed by atoms with Crippen molar-refractivity contribution in [1.29, 1.82) is 0 Å². The van der Waals surface area contributed by atoms with Crippen molar-refractivity contribution in [2.75, 3.05) is 6.26 Å². The summed E-state index contributed by atoms with van der Waals surface area (Å²) in [5, 5.41) is 3.57. The maximum absolute atomic E-state index is 6.03. The maximum atomic E-state index is 6.03. The van der Waals surface area contributed by atoms with E-state index in [4.69, 9.17) is 4.74 Å². The lowest BCUT2D eigenvalue weighted by Gasteiger charge is -2.13. The van der Waals surface area contributed by atoms with Crippen LogP contribution < -0.4 is 10.1 Å². The predicted octanol–water partition coefficient (Wildman–Crippen LogP) is 4.24. The molecule has 2 aromatic rings. The summed E-state index contributed by atoms with van der Waals surface area (Å²) in [6.45, 7) is 1.56. The SMILES string of the molecule is CSc1ccccc1OCc1ccccc1CNC1CC1. The zero-order valence-electron chi connectivity index (χ0n) is 12.3. The summed E-state index contributed by atoms with van der Waals surface area (Å²) in [4.78, 5) is 1.19. The zero-order valence-corrected chi connectivity index (χ0v) is 13.2. The van der Waals surface area contributed by atoms with Crippen molar-refractivity contribution in [3.63, 3.8) is 0 Å². The Hall–Kier alpha value is -1.45. The van der Waals surface area contributed by atoms with E-state index in [1.54, 1.807) is 11.8 Å². The lowest BCUT2D eigenvalue weighted by molar-refractivity contribution is 0.297. The first-order valence-corrected chi connectivity index (χ1v) is 8.65. The number of nitrogens with one attached hydrogen (secondary N) is 1. The van der Waals surface area contributed by atoms with E-state index in [0.717, 1.165) is 18.3 Å². The lowest BCUT2D eigenvalue weighted by Crippen LogP contribution is -2.16. The maximum Gasteiger partial charge on any atom is 0.133 e. The lowest BCUT2D eigenvalue weighted by atomic mass is 10.1. The minimum atomic E-state index is 0.625. The van der Waals surface area contributed by atoms with E-state index >= 15 is 0 Å². The molecule has 0 amide bonds. The van der Waals surface area contributed by atoms with Crippen molar-refractivity contribution >= 4 is 11.8 Å². The average Bonchev–Trinajstić information content (AvgIpc) is 3.36. The van der Waals surface area contributed by atoms with Crippen LogP contribution in [0, 0.1) is 0 Å². The number of hydrogen-bond donors (Lipinski definition) is 1. The second-order valence-electron chi connectivity index (χ2n) is 5.36. The van der Waals surface area contributed by atoms with Gasteiger partial charge in [-0.15, -0.1) is 11.8 Å². The monoisotopic (exact) mass is 299 g/mol. The molecule has 1 aliphatic rings. The van der Waals surface area contributed by atoms with E-state index in [9.17, 15) is 0 Å². The molecule has 0 atom stereocenters. The molecule has 0 bridgehead atoms. The zero-order chi connectivity index (χ0) is 14.5. The molecule has 0 aliphatic heterocycles. The highest BCUT2D eigenvalue weighted by molar-refractivity contribution is 7.98. The summed E-state index contributed by atoms with van der Waals surface area (Å²) in [5.41, 5.74) is 2.60. The summed E-state index contributed by atoms with van der Waals surface area (Å²) in [6.07, 6.45) is 4.72. The summed E-state index contributed by atoms with van der Waals surface area (Å²) in [7, 11) is 0. The van der Waals surface area contributed by atoms with Crippen LogP contribution in [0.1, 0.15) is 24.0 Å². The molecule has 0 unspecified atom stereocenters. The van der Waals surface area contributed by atoms with Crippen molar-refractivity contribution in [2.24, 2.45) is 0 Å². The van der Waals surface area contributed by atoms with Crippen LogP contribution in [0.15, 0.2) is 53.4 Å². The summed E-state index contributed by atoms with van der Waals surface area (Å²) >= 11 is 1.72. The first-order chi connectivity index (χ1) is 10.4. The third-order valence-corrected chi connectivity index (χ3v) is 4.51. The topological polar surface area (TPSA) is 21.3 Å². The van der Waals surface area contributed by atoms with Crippen LogP contribution in [-0.4, -0.2) is 12.3 Å². The molecule has 3 rings (SSSR count). The minimum absolute atomic E-state index is 0.625. The van der Waals surface area contributed by atoms with E-state index in [1.165, 1.54) is 28.9 Å². The minimum Gasteiger partial charge on any atom is -0.488 e. The van der Waals surface area contributed by atoms with Gasteiger partial charge in [0.1, 0.15) is 12.4 Å². The molecule has 1 saturated carbocycles. The first-order valence-electron chi connectivity index (χ1n) is 7.43. The molecule has 1 N–H and O–H groups in total. The van der Waals surface area contributed by atoms with E-state index in [1.807, 2.05) is 18.2 Å². The highest BCUT2D eigenvalue weighted by atomic mass is 32.2. The highest BCUT2D eigenvalue weighted by Gasteiger charge is 2.20. The molecule has 3 heteroatoms. The number of rotatable bonds is 7. The largest absolute Gasteiger partial charge is 0.488 e. The smallest absolute Gasteiger partial charge is 0.133 e. The Balaban J connectivity index is 1.66. The van der Waals surface area contributed by atoms with Crippen molar-refractivity contribution in [3.8, 4) is 5.75 Å². The molecule has 21 heavy (non-hydrogen) atoms. The van der Waals surface area contributed by atoms with Crippen LogP contribution in [-0.2, 0) is 13.2 Å². The molecule has 2 aromatic carbocycles. The Bertz CT molecular complexity index is 595. The Kier molecular flexibility index (Phi) is 4.84. The average molecular weight is 299 g/mol. The van der Waals surface area contributed by atoms with E-state index in [-0.39, 0.29) is 0 Å². The molecule has 0 heterocycles. The van der Waals surface area contributed by atoms with Crippen molar-refractivity contribution in [3.05, 3.63) is 59.7 Å². The standard InChI is InChI=1S/C18H21NOS/c1-21-18-9-5-4-8-17(18)20-13-15-7-3-2-6-14(15)12-19-16-10-11-16/h2-9,16,19H,10-13H2,1H3. The normalized spacial score (nSPS) is 14.1. The molecule has 0 spiro atoms. The van der Waals surface area contributed by atoms with Crippen LogP contribution >= 0.6 is 11.8 Å².